The highest BCUT2D eigenvalue weighted by Gasteiger charge is 2.14. The van der Waals surface area contributed by atoms with Gasteiger partial charge in [0.05, 0.1) is 28.4 Å². The van der Waals surface area contributed by atoms with Gasteiger partial charge in [-0.2, -0.15) is 5.26 Å². The van der Waals surface area contributed by atoms with Crippen LogP contribution in [0.4, 0.5) is 10.1 Å². The lowest BCUT2D eigenvalue weighted by atomic mass is 10.0. The van der Waals surface area contributed by atoms with Gasteiger partial charge >= 0.3 is 0 Å². The summed E-state index contributed by atoms with van der Waals surface area (Å²) in [5.74, 6) is -0.239. The van der Waals surface area contributed by atoms with Gasteiger partial charge in [-0.25, -0.2) is 4.39 Å². The van der Waals surface area contributed by atoms with Crippen molar-refractivity contribution in [2.24, 2.45) is 0 Å². The molecule has 1 N–H and O–H groups in total. The van der Waals surface area contributed by atoms with Crippen LogP contribution in [0.1, 0.15) is 30.5 Å². The molecule has 0 spiro atoms. The number of rotatable bonds is 4. The smallest absolute Gasteiger partial charge is 0.128 e. The second-order valence-corrected chi connectivity index (χ2v) is 4.84. The van der Waals surface area contributed by atoms with Gasteiger partial charge in [0.1, 0.15) is 5.82 Å². The molecule has 0 saturated carbocycles. The summed E-state index contributed by atoms with van der Waals surface area (Å²) < 4.78 is 13.8. The maximum atomic E-state index is 13.8. The van der Waals surface area contributed by atoms with Crippen LogP contribution in [-0.2, 0) is 0 Å². The minimum atomic E-state index is -0.239. The number of anilines is 1. The van der Waals surface area contributed by atoms with E-state index in [1.165, 1.54) is 6.07 Å². The van der Waals surface area contributed by atoms with Crippen LogP contribution in [0.2, 0.25) is 5.02 Å². The maximum Gasteiger partial charge on any atom is 0.128 e. The quantitative estimate of drug-likeness (QED) is 0.867. The van der Waals surface area contributed by atoms with Crippen LogP contribution in [0.3, 0.4) is 0 Å². The van der Waals surface area contributed by atoms with Crippen molar-refractivity contribution in [2.45, 2.75) is 19.4 Å². The van der Waals surface area contributed by atoms with Crippen molar-refractivity contribution >= 4 is 17.3 Å². The highest BCUT2D eigenvalue weighted by molar-refractivity contribution is 6.33. The maximum absolute atomic E-state index is 13.8. The second kappa shape index (κ2) is 6.40. The minimum Gasteiger partial charge on any atom is -0.377 e. The topological polar surface area (TPSA) is 35.8 Å². The minimum absolute atomic E-state index is 0.165. The molecular weight excluding hydrogens is 275 g/mol. The molecule has 0 aliphatic rings. The third-order valence-electron chi connectivity index (χ3n) is 3.12. The van der Waals surface area contributed by atoms with E-state index in [0.29, 0.717) is 21.8 Å². The second-order valence-electron chi connectivity index (χ2n) is 4.43. The Labute approximate surface area is 122 Å². The van der Waals surface area contributed by atoms with Gasteiger partial charge in [0.15, 0.2) is 0 Å². The molecule has 2 nitrogen and oxygen atoms in total. The van der Waals surface area contributed by atoms with Crippen LogP contribution in [0.5, 0.6) is 0 Å². The molecule has 2 rings (SSSR count). The van der Waals surface area contributed by atoms with E-state index in [2.05, 4.69) is 5.32 Å². The van der Waals surface area contributed by atoms with E-state index < -0.39 is 0 Å². The molecule has 0 aliphatic heterocycles. The number of nitrogens with zero attached hydrogens (tertiary/aromatic N) is 1. The monoisotopic (exact) mass is 288 g/mol. The molecule has 1 atom stereocenters. The fourth-order valence-electron chi connectivity index (χ4n) is 2.05. The van der Waals surface area contributed by atoms with E-state index in [1.807, 2.05) is 19.1 Å². The van der Waals surface area contributed by atoms with E-state index in [-0.39, 0.29) is 11.9 Å². The Kier molecular flexibility index (Phi) is 4.60. The zero-order chi connectivity index (χ0) is 14.5. The molecule has 0 amide bonds. The van der Waals surface area contributed by atoms with Gasteiger partial charge in [-0.15, -0.1) is 0 Å². The Morgan fingerprint density at radius 3 is 2.65 bits per heavy atom. The molecule has 0 bridgehead atoms. The van der Waals surface area contributed by atoms with Crippen molar-refractivity contribution in [3.05, 3.63) is 64.4 Å². The summed E-state index contributed by atoms with van der Waals surface area (Å²) in [6, 6.07) is 13.6. The first-order valence-electron chi connectivity index (χ1n) is 6.36. The van der Waals surface area contributed by atoms with Gasteiger partial charge in [-0.3, -0.25) is 0 Å². The summed E-state index contributed by atoms with van der Waals surface area (Å²) in [5, 5.41) is 12.5. The predicted octanol–water partition coefficient (Wildman–Crippen LogP) is 4.91. The lowest BCUT2D eigenvalue weighted by molar-refractivity contribution is 0.587. The Bertz CT molecular complexity index is 649. The number of nitrogens with one attached hydrogen (secondary N) is 1. The van der Waals surface area contributed by atoms with E-state index in [9.17, 15) is 4.39 Å². The van der Waals surface area contributed by atoms with E-state index in [1.54, 1.807) is 30.3 Å². The van der Waals surface area contributed by atoms with Gasteiger partial charge in [-0.1, -0.05) is 36.7 Å². The van der Waals surface area contributed by atoms with Crippen LogP contribution in [0.25, 0.3) is 0 Å². The van der Waals surface area contributed by atoms with Gasteiger partial charge < -0.3 is 5.32 Å². The first-order chi connectivity index (χ1) is 9.65. The summed E-state index contributed by atoms with van der Waals surface area (Å²) in [7, 11) is 0. The van der Waals surface area contributed by atoms with Crippen molar-refractivity contribution in [1.29, 1.82) is 5.26 Å². The Hall–Kier alpha value is -2.05. The van der Waals surface area contributed by atoms with E-state index in [4.69, 9.17) is 16.9 Å². The van der Waals surface area contributed by atoms with Crippen LogP contribution in [0, 0.1) is 17.1 Å². The molecule has 0 aromatic heterocycles. The first kappa shape index (κ1) is 14.4. The number of benzene rings is 2. The molecule has 4 heteroatoms. The number of halogens is 2. The summed E-state index contributed by atoms with van der Waals surface area (Å²) in [6.45, 7) is 1.97. The van der Waals surface area contributed by atoms with E-state index >= 15 is 0 Å². The molecule has 0 saturated heterocycles. The molecule has 2 aromatic carbocycles. The first-order valence-corrected chi connectivity index (χ1v) is 6.74. The highest BCUT2D eigenvalue weighted by atomic mass is 35.5. The Morgan fingerprint density at radius 2 is 2.05 bits per heavy atom. The lowest BCUT2D eigenvalue weighted by Gasteiger charge is -2.20. The molecule has 0 heterocycles. The lowest BCUT2D eigenvalue weighted by Crippen LogP contribution is -2.11. The average molecular weight is 289 g/mol. The largest absolute Gasteiger partial charge is 0.377 e. The van der Waals surface area contributed by atoms with Crippen molar-refractivity contribution in [2.75, 3.05) is 5.32 Å². The zero-order valence-corrected chi connectivity index (χ0v) is 11.8. The van der Waals surface area contributed by atoms with Crippen LogP contribution >= 0.6 is 11.6 Å². The molecule has 102 valence electrons. The molecule has 0 fully saturated rings. The summed E-state index contributed by atoms with van der Waals surface area (Å²) in [6.07, 6.45) is 0.720. The molecule has 1 unspecified atom stereocenters. The SMILES string of the molecule is CCC(Nc1ccc(C#N)cc1Cl)c1ccccc1F. The normalized spacial score (nSPS) is 11.7. The standard InChI is InChI=1S/C16H14ClFN2/c1-2-15(12-5-3-4-6-14(12)18)20-16-8-7-11(10-19)9-13(16)17/h3-9,15,20H,2H2,1H3. The van der Waals surface area contributed by atoms with Crippen LogP contribution < -0.4 is 5.32 Å². The number of hydrogen-bond donors (Lipinski definition) is 1. The van der Waals surface area contributed by atoms with Gasteiger partial charge in [-0.05, 0) is 30.7 Å². The fourth-order valence-corrected chi connectivity index (χ4v) is 2.28. The highest BCUT2D eigenvalue weighted by Crippen LogP contribution is 2.29. The van der Waals surface area contributed by atoms with Crippen molar-refractivity contribution in [3.8, 4) is 6.07 Å². The molecular formula is C16H14ClFN2. The Balaban J connectivity index is 2.28. The number of nitriles is 1. The zero-order valence-electron chi connectivity index (χ0n) is 11.0. The molecule has 20 heavy (non-hydrogen) atoms. The van der Waals surface area contributed by atoms with Gasteiger partial charge in [0, 0.05) is 5.56 Å². The van der Waals surface area contributed by atoms with Gasteiger partial charge in [0.2, 0.25) is 0 Å². The average Bonchev–Trinajstić information content (AvgIpc) is 2.47. The summed E-state index contributed by atoms with van der Waals surface area (Å²) >= 11 is 6.13. The van der Waals surface area contributed by atoms with Gasteiger partial charge in [0.25, 0.3) is 0 Å². The fraction of sp³-hybridized carbons (Fsp3) is 0.188. The molecule has 0 radical (unpaired) electrons. The Morgan fingerprint density at radius 1 is 1.30 bits per heavy atom. The summed E-state index contributed by atoms with van der Waals surface area (Å²) in [5.41, 5.74) is 1.80. The third kappa shape index (κ3) is 3.09. The van der Waals surface area contributed by atoms with E-state index in [0.717, 1.165) is 6.42 Å². The van der Waals surface area contributed by atoms with Crippen LogP contribution in [0.15, 0.2) is 42.5 Å². The third-order valence-corrected chi connectivity index (χ3v) is 3.43. The number of hydrogen-bond acceptors (Lipinski definition) is 2. The summed E-state index contributed by atoms with van der Waals surface area (Å²) in [4.78, 5) is 0. The van der Waals surface area contributed by atoms with Crippen molar-refractivity contribution in [1.82, 2.24) is 0 Å². The van der Waals surface area contributed by atoms with Crippen molar-refractivity contribution < 1.29 is 4.39 Å². The molecule has 0 aliphatic carbocycles. The predicted molar refractivity (Wildman–Crippen MR) is 79.2 cm³/mol. The van der Waals surface area contributed by atoms with Crippen LogP contribution in [-0.4, -0.2) is 0 Å². The van der Waals surface area contributed by atoms with Crippen molar-refractivity contribution in [3.63, 3.8) is 0 Å². The molecule has 2 aromatic rings.